The number of hydrogen-bond acceptors (Lipinski definition) is 3. The van der Waals surface area contributed by atoms with E-state index in [1.165, 1.54) is 11.1 Å². The van der Waals surface area contributed by atoms with Gasteiger partial charge in [-0.1, -0.05) is 38.1 Å². The molecule has 2 aliphatic heterocycles. The molecule has 4 rings (SSSR count). The number of amides is 1. The summed E-state index contributed by atoms with van der Waals surface area (Å²) in [7, 11) is 0. The third-order valence-electron chi connectivity index (χ3n) is 6.75. The van der Waals surface area contributed by atoms with Crippen molar-refractivity contribution in [3.8, 4) is 0 Å². The number of carbonyl (C=O) groups is 1. The van der Waals surface area contributed by atoms with Crippen LogP contribution >= 0.6 is 24.0 Å². The number of carbonyl (C=O) groups excluding carboxylic acids is 1. The van der Waals surface area contributed by atoms with Gasteiger partial charge in [-0.3, -0.25) is 9.79 Å². The monoisotopic (exact) mass is 526 g/mol. The number of benzene rings is 1. The molecule has 2 fully saturated rings. The number of ether oxygens (including phenoxy) is 1. The van der Waals surface area contributed by atoms with Crippen LogP contribution in [0.3, 0.4) is 0 Å². The van der Waals surface area contributed by atoms with E-state index in [0.29, 0.717) is 31.0 Å². The van der Waals surface area contributed by atoms with Crippen LogP contribution in [0.25, 0.3) is 0 Å². The average Bonchev–Trinajstić information content (AvgIpc) is 3.34. The molecule has 0 spiro atoms. The first kappa shape index (κ1) is 23.3. The molecule has 1 aromatic rings. The largest absolute Gasteiger partial charge is 0.377 e. The predicted octanol–water partition coefficient (Wildman–Crippen LogP) is 3.30. The highest BCUT2D eigenvalue weighted by Gasteiger charge is 2.59. The highest BCUT2D eigenvalue weighted by Crippen LogP contribution is 2.52. The molecule has 1 amide bonds. The molecule has 1 saturated heterocycles. The summed E-state index contributed by atoms with van der Waals surface area (Å²) in [4.78, 5) is 19.2. The highest BCUT2D eigenvalue weighted by atomic mass is 127. The Hall–Kier alpha value is -1.35. The highest BCUT2D eigenvalue weighted by molar-refractivity contribution is 14.0. The summed E-state index contributed by atoms with van der Waals surface area (Å²) in [6, 6.07) is 8.70. The summed E-state index contributed by atoms with van der Waals surface area (Å²) in [6.07, 6.45) is 2.80. The summed E-state index contributed by atoms with van der Waals surface area (Å²) < 4.78 is 5.89. The Morgan fingerprint density at radius 1 is 1.27 bits per heavy atom. The minimum Gasteiger partial charge on any atom is -0.377 e. The summed E-state index contributed by atoms with van der Waals surface area (Å²) in [5.41, 5.74) is 2.67. The second kappa shape index (κ2) is 9.85. The maximum atomic E-state index is 12.6. The van der Waals surface area contributed by atoms with E-state index in [1.807, 2.05) is 17.0 Å². The standard InChI is InChI=1S/C23H34N4O2.HI/c1-4-24-22(26-20-18-11-13-29-21(18)23(20,2)3)25-12-7-10-19(28)27-14-16-8-5-6-9-17(16)15-27;/h5-6,8-9,18,20-21H,4,7,10-15H2,1-3H3,(H2,24,25,26);1H. The molecular formula is C23H35IN4O2. The molecule has 7 heteroatoms. The molecule has 30 heavy (non-hydrogen) atoms. The van der Waals surface area contributed by atoms with Crippen LogP contribution < -0.4 is 10.6 Å². The number of aliphatic imine (C=N–C) groups is 1. The zero-order chi connectivity index (χ0) is 20.4. The van der Waals surface area contributed by atoms with Gasteiger partial charge in [0, 0.05) is 56.6 Å². The van der Waals surface area contributed by atoms with Crippen molar-refractivity contribution < 1.29 is 9.53 Å². The van der Waals surface area contributed by atoms with E-state index < -0.39 is 0 Å². The Morgan fingerprint density at radius 2 is 1.97 bits per heavy atom. The molecule has 1 aliphatic carbocycles. The molecule has 0 bridgehead atoms. The Bertz CT molecular complexity index is 757. The third kappa shape index (κ3) is 4.61. The van der Waals surface area contributed by atoms with E-state index >= 15 is 0 Å². The number of guanidine groups is 1. The van der Waals surface area contributed by atoms with Crippen molar-refractivity contribution in [2.75, 3.05) is 19.7 Å². The van der Waals surface area contributed by atoms with Crippen molar-refractivity contribution in [2.45, 2.75) is 65.3 Å². The lowest BCUT2D eigenvalue weighted by molar-refractivity contribution is -0.131. The number of halogens is 1. The Kier molecular flexibility index (Phi) is 7.66. The molecule has 1 aromatic carbocycles. The fraction of sp³-hybridized carbons (Fsp3) is 0.652. The van der Waals surface area contributed by atoms with Gasteiger partial charge < -0.3 is 20.3 Å². The summed E-state index contributed by atoms with van der Waals surface area (Å²) in [5.74, 6) is 1.66. The van der Waals surface area contributed by atoms with E-state index in [1.54, 1.807) is 0 Å². The van der Waals surface area contributed by atoms with Crippen LogP contribution in [0.4, 0.5) is 0 Å². The maximum Gasteiger partial charge on any atom is 0.223 e. The van der Waals surface area contributed by atoms with Gasteiger partial charge in [0.05, 0.1) is 6.10 Å². The third-order valence-corrected chi connectivity index (χ3v) is 6.75. The molecule has 2 N–H and O–H groups in total. The predicted molar refractivity (Wildman–Crippen MR) is 130 cm³/mol. The van der Waals surface area contributed by atoms with Crippen LogP contribution in [0.1, 0.15) is 51.2 Å². The van der Waals surface area contributed by atoms with E-state index in [0.717, 1.165) is 45.0 Å². The number of nitrogens with one attached hydrogen (secondary N) is 2. The van der Waals surface area contributed by atoms with Crippen molar-refractivity contribution in [1.29, 1.82) is 0 Å². The number of rotatable bonds is 6. The maximum absolute atomic E-state index is 12.6. The molecule has 166 valence electrons. The quantitative estimate of drug-likeness (QED) is 0.259. The van der Waals surface area contributed by atoms with Gasteiger partial charge in [-0.25, -0.2) is 0 Å². The zero-order valence-corrected chi connectivity index (χ0v) is 20.6. The molecule has 0 radical (unpaired) electrons. The minimum atomic E-state index is 0. The smallest absolute Gasteiger partial charge is 0.223 e. The van der Waals surface area contributed by atoms with Gasteiger partial charge in [0.2, 0.25) is 5.91 Å². The van der Waals surface area contributed by atoms with Gasteiger partial charge >= 0.3 is 0 Å². The van der Waals surface area contributed by atoms with Crippen LogP contribution in [-0.4, -0.2) is 48.6 Å². The fourth-order valence-corrected chi connectivity index (χ4v) is 5.17. The molecule has 1 saturated carbocycles. The second-order valence-electron chi connectivity index (χ2n) is 9.07. The van der Waals surface area contributed by atoms with Crippen LogP contribution in [0, 0.1) is 11.3 Å². The van der Waals surface area contributed by atoms with Crippen molar-refractivity contribution in [1.82, 2.24) is 15.5 Å². The summed E-state index contributed by atoms with van der Waals surface area (Å²) in [6.45, 7) is 10.5. The lowest BCUT2D eigenvalue weighted by atomic mass is 9.57. The van der Waals surface area contributed by atoms with Crippen molar-refractivity contribution in [3.05, 3.63) is 35.4 Å². The molecule has 0 aromatic heterocycles. The topological polar surface area (TPSA) is 66.0 Å². The first-order chi connectivity index (χ1) is 14.0. The van der Waals surface area contributed by atoms with E-state index in [2.05, 4.69) is 43.5 Å². The van der Waals surface area contributed by atoms with Gasteiger partial charge in [0.15, 0.2) is 5.96 Å². The SMILES string of the molecule is CCNC(=NCCCC(=O)N1Cc2ccccc2C1)NC1C2CCOC2C1(C)C.I. The van der Waals surface area contributed by atoms with Gasteiger partial charge in [-0.05, 0) is 30.9 Å². The van der Waals surface area contributed by atoms with Crippen molar-refractivity contribution in [2.24, 2.45) is 16.3 Å². The lowest BCUT2D eigenvalue weighted by Crippen LogP contribution is -2.67. The zero-order valence-electron chi connectivity index (χ0n) is 18.3. The molecule has 2 heterocycles. The Morgan fingerprint density at radius 3 is 2.63 bits per heavy atom. The van der Waals surface area contributed by atoms with Crippen LogP contribution in [0.2, 0.25) is 0 Å². The van der Waals surface area contributed by atoms with Crippen LogP contribution in [0.15, 0.2) is 29.3 Å². The number of hydrogen-bond donors (Lipinski definition) is 2. The van der Waals surface area contributed by atoms with Gasteiger partial charge in [-0.2, -0.15) is 0 Å². The molecule has 3 unspecified atom stereocenters. The van der Waals surface area contributed by atoms with E-state index in [-0.39, 0.29) is 35.3 Å². The van der Waals surface area contributed by atoms with Crippen molar-refractivity contribution >= 4 is 35.8 Å². The fourth-order valence-electron chi connectivity index (χ4n) is 5.17. The minimum absolute atomic E-state index is 0. The second-order valence-corrected chi connectivity index (χ2v) is 9.07. The first-order valence-corrected chi connectivity index (χ1v) is 11.0. The van der Waals surface area contributed by atoms with Crippen molar-refractivity contribution in [3.63, 3.8) is 0 Å². The molecular weight excluding hydrogens is 491 g/mol. The normalized spacial score (nSPS) is 26.3. The van der Waals surface area contributed by atoms with E-state index in [9.17, 15) is 4.79 Å². The van der Waals surface area contributed by atoms with Gasteiger partial charge in [-0.15, -0.1) is 24.0 Å². The van der Waals surface area contributed by atoms with Gasteiger partial charge in [0.25, 0.3) is 0 Å². The molecule has 3 aliphatic rings. The molecule has 3 atom stereocenters. The summed E-state index contributed by atoms with van der Waals surface area (Å²) in [5, 5.41) is 6.99. The Labute approximate surface area is 197 Å². The average molecular weight is 526 g/mol. The van der Waals surface area contributed by atoms with Gasteiger partial charge in [0.1, 0.15) is 0 Å². The molecule has 6 nitrogen and oxygen atoms in total. The van der Waals surface area contributed by atoms with E-state index in [4.69, 9.17) is 9.73 Å². The number of nitrogens with zero attached hydrogens (tertiary/aromatic N) is 2. The number of fused-ring (bicyclic) bond motifs is 2. The summed E-state index contributed by atoms with van der Waals surface area (Å²) >= 11 is 0. The van der Waals surface area contributed by atoms with Crippen LogP contribution in [0.5, 0.6) is 0 Å². The Balaban J connectivity index is 0.00000256. The first-order valence-electron chi connectivity index (χ1n) is 11.0. The lowest BCUT2D eigenvalue weighted by Gasteiger charge is -2.54. The van der Waals surface area contributed by atoms with Crippen LogP contribution in [-0.2, 0) is 22.6 Å².